The number of aliphatic hydroxyl groups is 1. The molecule has 2 heterocycles. The summed E-state index contributed by atoms with van der Waals surface area (Å²) in [6, 6.07) is 10.7. The van der Waals surface area contributed by atoms with E-state index in [0.717, 1.165) is 41.8 Å². The highest BCUT2D eigenvalue weighted by Crippen LogP contribution is 2.35. The number of aliphatic hydroxyl groups excluding tert-OH is 1. The van der Waals surface area contributed by atoms with Crippen LogP contribution in [0.5, 0.6) is 0 Å². The zero-order chi connectivity index (χ0) is 16.7. The second-order valence-corrected chi connectivity index (χ2v) is 7.67. The number of rotatable bonds is 3. The SMILES string of the molecule is O=S(c1cccc(CO)c1)c1cc(Cl)c2oc3c(c2c1)CNCC3. The minimum Gasteiger partial charge on any atom is -0.459 e. The summed E-state index contributed by atoms with van der Waals surface area (Å²) in [5.74, 6) is 0.955. The summed E-state index contributed by atoms with van der Waals surface area (Å²) in [6.45, 7) is 1.54. The highest BCUT2D eigenvalue weighted by Gasteiger charge is 2.21. The van der Waals surface area contributed by atoms with E-state index in [0.29, 0.717) is 20.4 Å². The molecule has 0 saturated carbocycles. The van der Waals surface area contributed by atoms with Gasteiger partial charge in [-0.2, -0.15) is 0 Å². The largest absolute Gasteiger partial charge is 0.459 e. The molecule has 1 atom stereocenters. The van der Waals surface area contributed by atoms with Crippen molar-refractivity contribution in [3.8, 4) is 0 Å². The van der Waals surface area contributed by atoms with E-state index < -0.39 is 10.8 Å². The van der Waals surface area contributed by atoms with Crippen molar-refractivity contribution in [1.82, 2.24) is 5.32 Å². The van der Waals surface area contributed by atoms with E-state index >= 15 is 0 Å². The van der Waals surface area contributed by atoms with Crippen molar-refractivity contribution in [2.75, 3.05) is 6.54 Å². The van der Waals surface area contributed by atoms with E-state index in [-0.39, 0.29) is 6.61 Å². The summed E-state index contributed by atoms with van der Waals surface area (Å²) < 4.78 is 18.8. The summed E-state index contributed by atoms with van der Waals surface area (Å²) in [5.41, 5.74) is 2.49. The number of furan rings is 1. The Hall–Kier alpha value is -1.66. The Kier molecular flexibility index (Phi) is 4.18. The maximum Gasteiger partial charge on any atom is 0.153 e. The van der Waals surface area contributed by atoms with Crippen LogP contribution in [0.25, 0.3) is 11.0 Å². The van der Waals surface area contributed by atoms with Crippen LogP contribution in [0.3, 0.4) is 0 Å². The Balaban J connectivity index is 1.83. The molecule has 0 fully saturated rings. The molecule has 0 amide bonds. The van der Waals surface area contributed by atoms with Crippen LogP contribution in [0.1, 0.15) is 16.9 Å². The van der Waals surface area contributed by atoms with Gasteiger partial charge in [-0.1, -0.05) is 23.7 Å². The van der Waals surface area contributed by atoms with Crippen LogP contribution in [0.4, 0.5) is 0 Å². The first-order valence-corrected chi connectivity index (χ1v) is 9.26. The molecule has 24 heavy (non-hydrogen) atoms. The van der Waals surface area contributed by atoms with Crippen LogP contribution in [-0.4, -0.2) is 15.9 Å². The van der Waals surface area contributed by atoms with Crippen LogP contribution in [0.15, 0.2) is 50.6 Å². The van der Waals surface area contributed by atoms with Gasteiger partial charge in [-0.15, -0.1) is 0 Å². The van der Waals surface area contributed by atoms with Crippen LogP contribution in [0.2, 0.25) is 5.02 Å². The molecular weight excluding hydrogens is 346 g/mol. The minimum absolute atomic E-state index is 0.0776. The molecule has 0 aliphatic carbocycles. The molecule has 1 aromatic heterocycles. The molecular formula is C18H16ClNO3S. The fraction of sp³-hybridized carbons (Fsp3) is 0.222. The molecule has 4 rings (SSSR count). The highest BCUT2D eigenvalue weighted by molar-refractivity contribution is 7.85. The number of halogens is 1. The Morgan fingerprint density at radius 1 is 1.25 bits per heavy atom. The lowest BCUT2D eigenvalue weighted by Gasteiger charge is -2.11. The van der Waals surface area contributed by atoms with E-state index in [1.165, 1.54) is 0 Å². The number of hydrogen-bond donors (Lipinski definition) is 2. The lowest BCUT2D eigenvalue weighted by Crippen LogP contribution is -2.22. The third kappa shape index (κ3) is 2.67. The van der Waals surface area contributed by atoms with E-state index in [4.69, 9.17) is 16.0 Å². The van der Waals surface area contributed by atoms with Gasteiger partial charge in [0.25, 0.3) is 0 Å². The molecule has 1 aliphatic heterocycles. The van der Waals surface area contributed by atoms with Crippen molar-refractivity contribution in [1.29, 1.82) is 0 Å². The minimum atomic E-state index is -1.37. The first-order valence-electron chi connectivity index (χ1n) is 7.73. The Labute approximate surface area is 146 Å². The highest BCUT2D eigenvalue weighted by atomic mass is 35.5. The fourth-order valence-corrected chi connectivity index (χ4v) is 4.55. The summed E-state index contributed by atoms with van der Waals surface area (Å²) in [5, 5.41) is 14.0. The predicted octanol–water partition coefficient (Wildman–Crippen LogP) is 3.39. The van der Waals surface area contributed by atoms with Crippen LogP contribution >= 0.6 is 11.6 Å². The van der Waals surface area contributed by atoms with Crippen LogP contribution < -0.4 is 5.32 Å². The molecule has 4 nitrogen and oxygen atoms in total. The van der Waals surface area contributed by atoms with Crippen molar-refractivity contribution in [2.24, 2.45) is 0 Å². The van der Waals surface area contributed by atoms with Gasteiger partial charge >= 0.3 is 0 Å². The van der Waals surface area contributed by atoms with Gasteiger partial charge in [-0.25, -0.2) is 4.21 Å². The molecule has 6 heteroatoms. The molecule has 124 valence electrons. The molecule has 2 N–H and O–H groups in total. The zero-order valence-corrected chi connectivity index (χ0v) is 14.4. The Morgan fingerprint density at radius 2 is 2.12 bits per heavy atom. The summed E-state index contributed by atoms with van der Waals surface area (Å²) in [4.78, 5) is 1.28. The average molecular weight is 362 g/mol. The number of nitrogens with one attached hydrogen (secondary N) is 1. The predicted molar refractivity (Wildman–Crippen MR) is 93.7 cm³/mol. The quantitative estimate of drug-likeness (QED) is 0.750. The van der Waals surface area contributed by atoms with E-state index in [1.54, 1.807) is 30.3 Å². The summed E-state index contributed by atoms with van der Waals surface area (Å²) in [7, 11) is -1.37. The van der Waals surface area contributed by atoms with Gasteiger partial charge in [-0.3, -0.25) is 0 Å². The Bertz CT molecular complexity index is 951. The third-order valence-electron chi connectivity index (χ3n) is 4.24. The van der Waals surface area contributed by atoms with Crippen LogP contribution in [-0.2, 0) is 30.4 Å². The summed E-state index contributed by atoms with van der Waals surface area (Å²) in [6.07, 6.45) is 0.831. The number of hydrogen-bond acceptors (Lipinski definition) is 4. The fourth-order valence-electron chi connectivity index (χ4n) is 3.04. The molecule has 1 unspecified atom stereocenters. The maximum absolute atomic E-state index is 12.9. The van der Waals surface area contributed by atoms with E-state index in [9.17, 15) is 9.32 Å². The topological polar surface area (TPSA) is 62.5 Å². The molecule has 2 aromatic carbocycles. The molecule has 0 radical (unpaired) electrons. The standard InChI is InChI=1S/C18H16ClNO3S/c19-16-8-13(24(22)12-3-1-2-11(6-12)10-21)7-14-15-9-20-5-4-17(15)23-18(14)16/h1-3,6-8,20-21H,4-5,9-10H2. The second-order valence-electron chi connectivity index (χ2n) is 5.79. The van der Waals surface area contributed by atoms with Gasteiger partial charge in [0.05, 0.1) is 22.4 Å². The second kappa shape index (κ2) is 6.33. The molecule has 0 bridgehead atoms. The van der Waals surface area contributed by atoms with Crippen LogP contribution in [0, 0.1) is 0 Å². The Morgan fingerprint density at radius 3 is 2.96 bits per heavy atom. The van der Waals surface area contributed by atoms with Crippen molar-refractivity contribution in [3.05, 3.63) is 58.3 Å². The lowest BCUT2D eigenvalue weighted by atomic mass is 10.1. The van der Waals surface area contributed by atoms with Crippen molar-refractivity contribution < 1.29 is 13.7 Å². The van der Waals surface area contributed by atoms with Gasteiger partial charge in [0.15, 0.2) is 5.58 Å². The third-order valence-corrected chi connectivity index (χ3v) is 5.87. The molecule has 3 aromatic rings. The van der Waals surface area contributed by atoms with Crippen molar-refractivity contribution in [3.63, 3.8) is 0 Å². The number of fused-ring (bicyclic) bond motifs is 3. The van der Waals surface area contributed by atoms with E-state index in [2.05, 4.69) is 5.32 Å². The summed E-state index contributed by atoms with van der Waals surface area (Å²) >= 11 is 6.38. The first kappa shape index (κ1) is 15.8. The first-order chi connectivity index (χ1) is 11.7. The van der Waals surface area contributed by atoms with Gasteiger partial charge < -0.3 is 14.8 Å². The van der Waals surface area contributed by atoms with Gasteiger partial charge in [0, 0.05) is 40.3 Å². The van der Waals surface area contributed by atoms with Gasteiger partial charge in [-0.05, 0) is 29.8 Å². The normalized spacial score (nSPS) is 15.4. The number of benzene rings is 2. The zero-order valence-electron chi connectivity index (χ0n) is 12.8. The average Bonchev–Trinajstić information content (AvgIpc) is 3.00. The smallest absolute Gasteiger partial charge is 0.153 e. The van der Waals surface area contributed by atoms with Crippen molar-refractivity contribution >= 4 is 33.4 Å². The monoisotopic (exact) mass is 361 g/mol. The maximum atomic E-state index is 12.9. The van der Waals surface area contributed by atoms with Gasteiger partial charge in [0.1, 0.15) is 5.76 Å². The van der Waals surface area contributed by atoms with E-state index in [1.807, 2.05) is 6.07 Å². The molecule has 1 aliphatic rings. The molecule has 0 saturated heterocycles. The van der Waals surface area contributed by atoms with Crippen molar-refractivity contribution in [2.45, 2.75) is 29.4 Å². The van der Waals surface area contributed by atoms with Gasteiger partial charge in [0.2, 0.25) is 0 Å². The molecule has 0 spiro atoms. The lowest BCUT2D eigenvalue weighted by molar-refractivity contribution is 0.281.